The van der Waals surface area contributed by atoms with Crippen LogP contribution in [0, 0.1) is 5.92 Å². The molecule has 2 aromatic rings. The van der Waals surface area contributed by atoms with Crippen LogP contribution in [-0.2, 0) is 11.2 Å². The number of pyridine rings is 1. The van der Waals surface area contributed by atoms with Gasteiger partial charge in [-0.3, -0.25) is 9.78 Å². The number of nitrogens with zero attached hydrogens (tertiary/aromatic N) is 4. The summed E-state index contributed by atoms with van der Waals surface area (Å²) in [4.78, 5) is 19.1. The van der Waals surface area contributed by atoms with E-state index in [2.05, 4.69) is 21.2 Å². The van der Waals surface area contributed by atoms with Crippen molar-refractivity contribution >= 4 is 5.91 Å². The van der Waals surface area contributed by atoms with E-state index in [0.717, 1.165) is 25.0 Å². The summed E-state index contributed by atoms with van der Waals surface area (Å²) >= 11 is 0. The van der Waals surface area contributed by atoms with Gasteiger partial charge in [-0.15, -0.1) is 0 Å². The second-order valence-corrected chi connectivity index (χ2v) is 6.87. The maximum absolute atomic E-state index is 12.9. The Balaban J connectivity index is 1.52. The molecule has 130 valence electrons. The van der Waals surface area contributed by atoms with Gasteiger partial charge in [0.15, 0.2) is 0 Å². The molecule has 0 radical (unpaired) electrons. The number of ether oxygens (including phenoxy) is 1. The van der Waals surface area contributed by atoms with Crippen molar-refractivity contribution in [2.45, 2.75) is 37.8 Å². The summed E-state index contributed by atoms with van der Waals surface area (Å²) in [7, 11) is 0. The number of carbonyl (C=O) groups excluding carboxylic acids is 1. The molecule has 3 heterocycles. The number of likely N-dealkylation sites (tertiary alicyclic amines) is 1. The van der Waals surface area contributed by atoms with Crippen molar-refractivity contribution in [2.24, 2.45) is 5.92 Å². The van der Waals surface area contributed by atoms with Crippen LogP contribution in [0.4, 0.5) is 0 Å². The lowest BCUT2D eigenvalue weighted by Crippen LogP contribution is -2.42. The summed E-state index contributed by atoms with van der Waals surface area (Å²) in [6, 6.07) is 5.74. The number of amides is 1. The van der Waals surface area contributed by atoms with Crippen LogP contribution in [0.2, 0.25) is 0 Å². The normalized spacial score (nSPS) is 23.0. The van der Waals surface area contributed by atoms with E-state index < -0.39 is 0 Å². The molecule has 6 nitrogen and oxygen atoms in total. The molecule has 2 fully saturated rings. The third-order valence-electron chi connectivity index (χ3n) is 4.99. The zero-order valence-corrected chi connectivity index (χ0v) is 14.1. The second kappa shape index (κ2) is 7.27. The summed E-state index contributed by atoms with van der Waals surface area (Å²) in [5.74, 6) is 0.717. The molecule has 1 aliphatic heterocycles. The van der Waals surface area contributed by atoms with E-state index in [9.17, 15) is 4.79 Å². The zero-order valence-electron chi connectivity index (χ0n) is 14.1. The van der Waals surface area contributed by atoms with Crippen LogP contribution in [0.1, 0.15) is 35.2 Å². The van der Waals surface area contributed by atoms with Gasteiger partial charge < -0.3 is 9.64 Å². The maximum atomic E-state index is 12.9. The number of carbonyl (C=O) groups is 1. The highest BCUT2D eigenvalue weighted by Crippen LogP contribution is 2.32. The van der Waals surface area contributed by atoms with E-state index >= 15 is 0 Å². The lowest BCUT2D eigenvalue weighted by Gasteiger charge is -2.28. The first-order chi connectivity index (χ1) is 12.3. The topological polar surface area (TPSA) is 68.2 Å². The summed E-state index contributed by atoms with van der Waals surface area (Å²) in [5.41, 5.74) is 1.70. The van der Waals surface area contributed by atoms with Gasteiger partial charge in [0.25, 0.3) is 5.91 Å². The van der Waals surface area contributed by atoms with E-state index in [1.807, 2.05) is 17.2 Å². The van der Waals surface area contributed by atoms with Crippen molar-refractivity contribution in [3.05, 3.63) is 54.1 Å². The van der Waals surface area contributed by atoms with Crippen LogP contribution in [0.15, 0.2) is 43.0 Å². The Hall–Kier alpha value is -2.34. The van der Waals surface area contributed by atoms with Gasteiger partial charge in [0.2, 0.25) is 0 Å². The van der Waals surface area contributed by atoms with Crippen molar-refractivity contribution < 1.29 is 9.53 Å². The van der Waals surface area contributed by atoms with Gasteiger partial charge in [-0.05, 0) is 49.3 Å². The minimum absolute atomic E-state index is 0.00122. The molecule has 4 rings (SSSR count). The van der Waals surface area contributed by atoms with E-state index in [0.29, 0.717) is 18.0 Å². The maximum Gasteiger partial charge on any atom is 0.255 e. The Morgan fingerprint density at radius 1 is 1.16 bits per heavy atom. The molecule has 0 N–H and O–H groups in total. The molecule has 6 heteroatoms. The summed E-state index contributed by atoms with van der Waals surface area (Å²) in [5, 5.41) is 7.59. The minimum Gasteiger partial charge on any atom is -0.376 e. The fourth-order valence-corrected chi connectivity index (χ4v) is 3.40. The molecular weight excluding hydrogens is 316 g/mol. The minimum atomic E-state index is 0.00122. The highest BCUT2D eigenvalue weighted by molar-refractivity contribution is 5.94. The van der Waals surface area contributed by atoms with Gasteiger partial charge in [-0.2, -0.15) is 10.2 Å². The van der Waals surface area contributed by atoms with Gasteiger partial charge >= 0.3 is 0 Å². The van der Waals surface area contributed by atoms with Crippen LogP contribution in [-0.4, -0.2) is 51.3 Å². The number of hydrogen-bond acceptors (Lipinski definition) is 5. The molecule has 2 aliphatic rings. The number of rotatable bonds is 6. The van der Waals surface area contributed by atoms with Crippen molar-refractivity contribution in [1.29, 1.82) is 0 Å². The van der Waals surface area contributed by atoms with E-state index in [1.165, 1.54) is 19.0 Å². The average Bonchev–Trinajstić information content (AvgIpc) is 3.42. The molecule has 1 saturated heterocycles. The zero-order chi connectivity index (χ0) is 17.1. The van der Waals surface area contributed by atoms with Crippen molar-refractivity contribution in [3.8, 4) is 0 Å². The third-order valence-corrected chi connectivity index (χ3v) is 4.99. The Morgan fingerprint density at radius 2 is 2.08 bits per heavy atom. The Morgan fingerprint density at radius 3 is 2.80 bits per heavy atom. The summed E-state index contributed by atoms with van der Waals surface area (Å²) in [6.07, 6.45) is 11.0. The lowest BCUT2D eigenvalue weighted by molar-refractivity contribution is 0.0200. The molecule has 0 bridgehead atoms. The van der Waals surface area contributed by atoms with E-state index in [1.54, 1.807) is 18.5 Å². The van der Waals surface area contributed by atoms with Gasteiger partial charge in [-0.25, -0.2) is 0 Å². The molecule has 0 spiro atoms. The Kier molecular flexibility index (Phi) is 4.70. The predicted octanol–water partition coefficient (Wildman–Crippen LogP) is 2.12. The van der Waals surface area contributed by atoms with Crippen molar-refractivity contribution in [3.63, 3.8) is 0 Å². The van der Waals surface area contributed by atoms with Crippen LogP contribution < -0.4 is 0 Å². The Bertz CT molecular complexity index is 706. The first-order valence-corrected chi connectivity index (χ1v) is 8.89. The van der Waals surface area contributed by atoms with Gasteiger partial charge in [0.05, 0.1) is 30.1 Å². The quantitative estimate of drug-likeness (QED) is 0.807. The van der Waals surface area contributed by atoms with Crippen LogP contribution in [0.3, 0.4) is 0 Å². The molecule has 0 aromatic carbocycles. The highest BCUT2D eigenvalue weighted by Gasteiger charge is 2.39. The first kappa shape index (κ1) is 16.1. The first-order valence-electron chi connectivity index (χ1n) is 8.89. The van der Waals surface area contributed by atoms with Crippen molar-refractivity contribution in [2.75, 3.05) is 13.2 Å². The highest BCUT2D eigenvalue weighted by atomic mass is 16.5. The Labute approximate surface area is 147 Å². The molecule has 25 heavy (non-hydrogen) atoms. The van der Waals surface area contributed by atoms with Gasteiger partial charge in [0, 0.05) is 25.5 Å². The lowest BCUT2D eigenvalue weighted by atomic mass is 10.0. The summed E-state index contributed by atoms with van der Waals surface area (Å²) in [6.45, 7) is 1.52. The molecule has 2 atom stereocenters. The smallest absolute Gasteiger partial charge is 0.255 e. The molecule has 1 saturated carbocycles. The second-order valence-electron chi connectivity index (χ2n) is 6.87. The van der Waals surface area contributed by atoms with E-state index in [-0.39, 0.29) is 18.1 Å². The molecule has 1 amide bonds. The standard InChI is InChI=1S/C19H22N4O2/c24-19(16-5-8-21-22-12-16)23-9-6-18(25-13-14-3-4-14)17(23)10-15-2-1-7-20-11-15/h1-2,5,7-8,11-12,14,17-18H,3-4,6,9-10,13H2/t17-,18+/m0/s1. The summed E-state index contributed by atoms with van der Waals surface area (Å²) < 4.78 is 6.19. The number of hydrogen-bond donors (Lipinski definition) is 0. The van der Waals surface area contributed by atoms with Crippen LogP contribution in [0.5, 0.6) is 0 Å². The van der Waals surface area contributed by atoms with E-state index in [4.69, 9.17) is 4.74 Å². The molecular formula is C19H22N4O2. The molecule has 1 aliphatic carbocycles. The molecule has 0 unspecified atom stereocenters. The van der Waals surface area contributed by atoms with Gasteiger partial charge in [0.1, 0.15) is 0 Å². The molecule has 2 aromatic heterocycles. The predicted molar refractivity (Wildman–Crippen MR) is 91.9 cm³/mol. The van der Waals surface area contributed by atoms with Crippen LogP contribution >= 0.6 is 0 Å². The third kappa shape index (κ3) is 3.85. The van der Waals surface area contributed by atoms with Crippen LogP contribution in [0.25, 0.3) is 0 Å². The largest absolute Gasteiger partial charge is 0.376 e. The van der Waals surface area contributed by atoms with Crippen molar-refractivity contribution in [1.82, 2.24) is 20.1 Å². The fraction of sp³-hybridized carbons (Fsp3) is 0.474. The average molecular weight is 338 g/mol. The monoisotopic (exact) mass is 338 g/mol. The van der Waals surface area contributed by atoms with Gasteiger partial charge in [-0.1, -0.05) is 6.07 Å². The fourth-order valence-electron chi connectivity index (χ4n) is 3.40. The SMILES string of the molecule is O=C(c1ccnnc1)N1CC[C@@H](OCC2CC2)[C@@H]1Cc1cccnc1. The number of aromatic nitrogens is 3.